The number of nitrogens with one attached hydrogen (secondary N) is 1. The molecule has 0 saturated carbocycles. The van der Waals surface area contributed by atoms with Crippen molar-refractivity contribution in [3.05, 3.63) is 72.1 Å². The smallest absolute Gasteiger partial charge is 0.416 e. The van der Waals surface area contributed by atoms with Crippen LogP contribution < -0.4 is 15.0 Å². The molecule has 1 atom stereocenters. The Kier molecular flexibility index (Phi) is 7.13. The molecule has 11 heteroatoms. The second-order valence-corrected chi connectivity index (χ2v) is 8.87. The summed E-state index contributed by atoms with van der Waals surface area (Å²) in [6.45, 7) is 1.89. The van der Waals surface area contributed by atoms with Crippen LogP contribution in [0.3, 0.4) is 0 Å². The van der Waals surface area contributed by atoms with E-state index in [-0.39, 0.29) is 12.6 Å². The molecule has 3 heterocycles. The predicted octanol–water partition coefficient (Wildman–Crippen LogP) is 4.35. The fourth-order valence-corrected chi connectivity index (χ4v) is 4.44. The van der Waals surface area contributed by atoms with E-state index in [0.717, 1.165) is 37.3 Å². The number of nitrogens with zero attached hydrogens (tertiary/aromatic N) is 5. The molecular formula is C26H27F3N6O2. The SMILES string of the molecule is OCC1CCCN1c1nc(NCCOc2ccccc2)c2ncn(Cc3ccc(C(F)(F)F)cc3)c2n1. The van der Waals surface area contributed by atoms with Gasteiger partial charge in [0.25, 0.3) is 0 Å². The number of benzene rings is 2. The molecule has 194 valence electrons. The monoisotopic (exact) mass is 512 g/mol. The topological polar surface area (TPSA) is 88.3 Å². The van der Waals surface area contributed by atoms with Crippen molar-refractivity contribution in [2.24, 2.45) is 0 Å². The maximum absolute atomic E-state index is 13.0. The molecule has 1 aliphatic rings. The summed E-state index contributed by atoms with van der Waals surface area (Å²) >= 11 is 0. The number of ether oxygens (including phenoxy) is 1. The molecule has 0 radical (unpaired) electrons. The van der Waals surface area contributed by atoms with E-state index in [1.165, 1.54) is 12.1 Å². The van der Waals surface area contributed by atoms with Crippen molar-refractivity contribution in [3.8, 4) is 5.75 Å². The van der Waals surface area contributed by atoms with Gasteiger partial charge < -0.3 is 24.6 Å². The van der Waals surface area contributed by atoms with Gasteiger partial charge in [-0.1, -0.05) is 30.3 Å². The summed E-state index contributed by atoms with van der Waals surface area (Å²) in [6, 6.07) is 14.5. The Morgan fingerprint density at radius 2 is 1.84 bits per heavy atom. The maximum Gasteiger partial charge on any atom is 0.416 e. The fraction of sp³-hybridized carbons (Fsp3) is 0.346. The van der Waals surface area contributed by atoms with Gasteiger partial charge in [0, 0.05) is 6.54 Å². The molecule has 2 N–H and O–H groups in total. The largest absolute Gasteiger partial charge is 0.492 e. The zero-order valence-corrected chi connectivity index (χ0v) is 20.0. The van der Waals surface area contributed by atoms with Crippen LogP contribution in [0, 0.1) is 0 Å². The minimum atomic E-state index is -4.38. The van der Waals surface area contributed by atoms with Crippen LogP contribution in [0.25, 0.3) is 11.2 Å². The molecular weight excluding hydrogens is 485 g/mol. The van der Waals surface area contributed by atoms with Crippen LogP contribution in [0.15, 0.2) is 60.9 Å². The van der Waals surface area contributed by atoms with Crippen molar-refractivity contribution in [1.82, 2.24) is 19.5 Å². The lowest BCUT2D eigenvalue weighted by Crippen LogP contribution is -2.33. The van der Waals surface area contributed by atoms with Crippen LogP contribution in [0.5, 0.6) is 5.75 Å². The molecule has 5 rings (SSSR count). The minimum Gasteiger partial charge on any atom is -0.492 e. The van der Waals surface area contributed by atoms with Crippen molar-refractivity contribution >= 4 is 22.9 Å². The Hall–Kier alpha value is -3.86. The molecule has 1 fully saturated rings. The minimum absolute atomic E-state index is 0.000108. The lowest BCUT2D eigenvalue weighted by Gasteiger charge is -2.23. The zero-order valence-electron chi connectivity index (χ0n) is 20.0. The van der Waals surface area contributed by atoms with E-state index in [0.29, 0.717) is 48.2 Å². The Morgan fingerprint density at radius 1 is 1.05 bits per heavy atom. The molecule has 4 aromatic rings. The molecule has 0 bridgehead atoms. The lowest BCUT2D eigenvalue weighted by molar-refractivity contribution is -0.137. The van der Waals surface area contributed by atoms with Crippen molar-refractivity contribution in [3.63, 3.8) is 0 Å². The number of anilines is 2. The lowest BCUT2D eigenvalue weighted by atomic mass is 10.1. The third-order valence-electron chi connectivity index (χ3n) is 6.34. The number of aliphatic hydroxyl groups is 1. The van der Waals surface area contributed by atoms with Gasteiger partial charge in [0.2, 0.25) is 5.95 Å². The van der Waals surface area contributed by atoms with Gasteiger partial charge in [0.1, 0.15) is 12.4 Å². The van der Waals surface area contributed by atoms with E-state index >= 15 is 0 Å². The highest BCUT2D eigenvalue weighted by molar-refractivity contribution is 5.84. The molecule has 1 saturated heterocycles. The van der Waals surface area contributed by atoms with Crippen molar-refractivity contribution in [2.75, 3.05) is 36.5 Å². The van der Waals surface area contributed by atoms with E-state index in [1.54, 1.807) is 10.9 Å². The van der Waals surface area contributed by atoms with E-state index in [2.05, 4.69) is 10.3 Å². The zero-order chi connectivity index (χ0) is 25.8. The van der Waals surface area contributed by atoms with Crippen LogP contribution in [0.1, 0.15) is 24.0 Å². The number of aromatic nitrogens is 4. The van der Waals surface area contributed by atoms with E-state index in [9.17, 15) is 18.3 Å². The van der Waals surface area contributed by atoms with Gasteiger partial charge in [-0.3, -0.25) is 0 Å². The van der Waals surface area contributed by atoms with Crippen molar-refractivity contribution in [1.29, 1.82) is 0 Å². The molecule has 2 aromatic carbocycles. The number of fused-ring (bicyclic) bond motifs is 1. The number of halogens is 3. The summed E-state index contributed by atoms with van der Waals surface area (Å²) in [5.74, 6) is 1.78. The van der Waals surface area contributed by atoms with Crippen molar-refractivity contribution in [2.45, 2.75) is 31.6 Å². The summed E-state index contributed by atoms with van der Waals surface area (Å²) in [5.41, 5.74) is 1.10. The fourth-order valence-electron chi connectivity index (χ4n) is 4.44. The highest BCUT2D eigenvalue weighted by Gasteiger charge is 2.30. The molecule has 37 heavy (non-hydrogen) atoms. The van der Waals surface area contributed by atoms with Crippen LogP contribution in [-0.4, -0.2) is 57.0 Å². The van der Waals surface area contributed by atoms with Crippen LogP contribution >= 0.6 is 0 Å². The van der Waals surface area contributed by atoms with Crippen LogP contribution in [-0.2, 0) is 12.7 Å². The number of rotatable bonds is 9. The van der Waals surface area contributed by atoms with E-state index in [1.807, 2.05) is 35.2 Å². The quantitative estimate of drug-likeness (QED) is 0.323. The van der Waals surface area contributed by atoms with Gasteiger partial charge in [0.15, 0.2) is 17.0 Å². The first kappa shape index (κ1) is 24.8. The highest BCUT2D eigenvalue weighted by atomic mass is 19.4. The first-order chi connectivity index (χ1) is 17.9. The highest BCUT2D eigenvalue weighted by Crippen LogP contribution is 2.30. The summed E-state index contributed by atoms with van der Waals surface area (Å²) in [5, 5.41) is 13.1. The van der Waals surface area contributed by atoms with Gasteiger partial charge >= 0.3 is 6.18 Å². The Balaban J connectivity index is 1.41. The Morgan fingerprint density at radius 3 is 2.57 bits per heavy atom. The van der Waals surface area contributed by atoms with Gasteiger partial charge in [-0.2, -0.15) is 23.1 Å². The molecule has 0 spiro atoms. The number of hydrogen-bond donors (Lipinski definition) is 2. The summed E-state index contributed by atoms with van der Waals surface area (Å²) < 4.78 is 46.4. The number of alkyl halides is 3. The molecule has 2 aromatic heterocycles. The number of imidazole rings is 1. The first-order valence-electron chi connectivity index (χ1n) is 12.1. The molecule has 1 aliphatic heterocycles. The second-order valence-electron chi connectivity index (χ2n) is 8.87. The van der Waals surface area contributed by atoms with Crippen LogP contribution in [0.4, 0.5) is 24.9 Å². The predicted molar refractivity (Wildman–Crippen MR) is 134 cm³/mol. The number of hydrogen-bond acceptors (Lipinski definition) is 7. The third kappa shape index (κ3) is 5.61. The summed E-state index contributed by atoms with van der Waals surface area (Å²) in [6.07, 6.45) is -1.01. The molecule has 0 aliphatic carbocycles. The molecule has 8 nitrogen and oxygen atoms in total. The average molecular weight is 513 g/mol. The maximum atomic E-state index is 13.0. The molecule has 1 unspecified atom stereocenters. The van der Waals surface area contributed by atoms with Gasteiger partial charge in [0.05, 0.1) is 37.6 Å². The standard InChI is InChI=1S/C26H27F3N6O2/c27-26(28,29)19-10-8-18(9-11-19)15-34-17-31-22-23(30-12-14-37-21-6-2-1-3-7-21)32-25(33-24(22)34)35-13-4-5-20(35)16-36/h1-3,6-11,17,20,36H,4-5,12-16H2,(H,30,32,33). The number of para-hydroxylation sites is 1. The normalized spacial score (nSPS) is 15.9. The molecule has 0 amide bonds. The number of aliphatic hydroxyl groups excluding tert-OH is 1. The third-order valence-corrected chi connectivity index (χ3v) is 6.34. The Bertz CT molecular complexity index is 1330. The Labute approximate surface area is 211 Å². The first-order valence-corrected chi connectivity index (χ1v) is 12.1. The van der Waals surface area contributed by atoms with Gasteiger partial charge in [-0.25, -0.2) is 4.98 Å². The summed E-state index contributed by atoms with van der Waals surface area (Å²) in [7, 11) is 0. The van der Waals surface area contributed by atoms with Crippen molar-refractivity contribution < 1.29 is 23.0 Å². The van der Waals surface area contributed by atoms with E-state index < -0.39 is 11.7 Å². The van der Waals surface area contributed by atoms with Crippen LogP contribution in [0.2, 0.25) is 0 Å². The summed E-state index contributed by atoms with van der Waals surface area (Å²) in [4.78, 5) is 16.0. The second kappa shape index (κ2) is 10.6. The van der Waals surface area contributed by atoms with Gasteiger partial charge in [-0.05, 0) is 42.7 Å². The van der Waals surface area contributed by atoms with Gasteiger partial charge in [-0.15, -0.1) is 0 Å². The van der Waals surface area contributed by atoms with E-state index in [4.69, 9.17) is 14.7 Å². The average Bonchev–Trinajstić information content (AvgIpc) is 3.54.